The molecule has 0 bridgehead atoms. The maximum absolute atomic E-state index is 13.8. The smallest absolute Gasteiger partial charge is 0.338 e. The van der Waals surface area contributed by atoms with Gasteiger partial charge in [-0.3, -0.25) is 19.7 Å². The normalized spacial score (nSPS) is 23.7. The molecule has 2 aliphatic rings. The lowest BCUT2D eigenvalue weighted by atomic mass is 10.0. The van der Waals surface area contributed by atoms with Crippen LogP contribution in [0, 0.1) is 5.82 Å². The van der Waals surface area contributed by atoms with Crippen LogP contribution in [-0.2, 0) is 9.59 Å². The molecular formula is C15H13FN2O5. The first-order valence-electron chi connectivity index (χ1n) is 7.04. The van der Waals surface area contributed by atoms with Gasteiger partial charge in [0.25, 0.3) is 5.91 Å². The minimum atomic E-state index is -1.43. The highest BCUT2D eigenvalue weighted by molar-refractivity contribution is 6.06. The summed E-state index contributed by atoms with van der Waals surface area (Å²) in [5.74, 6) is -3.94. The molecule has 0 radical (unpaired) electrons. The van der Waals surface area contributed by atoms with Crippen molar-refractivity contribution < 1.29 is 28.7 Å². The van der Waals surface area contributed by atoms with Crippen molar-refractivity contribution in [2.75, 3.05) is 0 Å². The lowest BCUT2D eigenvalue weighted by Gasteiger charge is -2.32. The van der Waals surface area contributed by atoms with Gasteiger partial charge in [-0.1, -0.05) is 0 Å². The van der Waals surface area contributed by atoms with Crippen LogP contribution in [0.5, 0.6) is 0 Å². The zero-order valence-electron chi connectivity index (χ0n) is 12.1. The van der Waals surface area contributed by atoms with Gasteiger partial charge in [0, 0.05) is 12.0 Å². The number of carbonyl (C=O) groups is 4. The molecule has 1 aromatic rings. The van der Waals surface area contributed by atoms with Gasteiger partial charge in [0.05, 0.1) is 11.6 Å². The monoisotopic (exact) mass is 320 g/mol. The Morgan fingerprint density at radius 2 is 2.04 bits per heavy atom. The molecule has 8 heteroatoms. The predicted octanol–water partition coefficient (Wildman–Crippen LogP) is 0.846. The summed E-state index contributed by atoms with van der Waals surface area (Å²) >= 11 is 0. The van der Waals surface area contributed by atoms with E-state index in [1.54, 1.807) is 6.92 Å². The van der Waals surface area contributed by atoms with Crippen molar-refractivity contribution in [1.82, 2.24) is 10.2 Å². The van der Waals surface area contributed by atoms with Crippen LogP contribution in [-0.4, -0.2) is 39.7 Å². The van der Waals surface area contributed by atoms with Gasteiger partial charge in [0.2, 0.25) is 11.8 Å². The average Bonchev–Trinajstić information content (AvgIpc) is 2.70. The topological polar surface area (TPSA) is 104 Å². The number of carbonyl (C=O) groups excluding carboxylic acids is 3. The second-order valence-corrected chi connectivity index (χ2v) is 5.58. The highest BCUT2D eigenvalue weighted by Gasteiger charge is 2.43. The molecule has 3 rings (SSSR count). The Kier molecular flexibility index (Phi) is 3.39. The van der Waals surface area contributed by atoms with E-state index < -0.39 is 47.2 Å². The van der Waals surface area contributed by atoms with Crippen LogP contribution in [0.1, 0.15) is 52.1 Å². The van der Waals surface area contributed by atoms with Crippen molar-refractivity contribution in [2.45, 2.75) is 31.8 Å². The molecule has 1 aromatic carbocycles. The fraction of sp³-hybridized carbons (Fsp3) is 0.333. The first-order valence-corrected chi connectivity index (χ1v) is 7.04. The van der Waals surface area contributed by atoms with Crippen molar-refractivity contribution in [3.63, 3.8) is 0 Å². The molecule has 2 atom stereocenters. The van der Waals surface area contributed by atoms with Crippen molar-refractivity contribution >= 4 is 23.7 Å². The zero-order valence-corrected chi connectivity index (χ0v) is 12.1. The molecule has 3 amide bonds. The number of amides is 3. The maximum Gasteiger partial charge on any atom is 0.338 e. The average molecular weight is 320 g/mol. The third-order valence-electron chi connectivity index (χ3n) is 4.25. The summed E-state index contributed by atoms with van der Waals surface area (Å²) < 4.78 is 13.8. The maximum atomic E-state index is 13.8. The van der Waals surface area contributed by atoms with Gasteiger partial charge in [-0.05, 0) is 31.0 Å². The lowest BCUT2D eigenvalue weighted by Crippen LogP contribution is -2.53. The molecule has 23 heavy (non-hydrogen) atoms. The number of halogens is 1. The Balaban J connectivity index is 2.00. The largest absolute Gasteiger partial charge is 0.478 e. The minimum Gasteiger partial charge on any atom is -0.478 e. The Morgan fingerprint density at radius 1 is 1.35 bits per heavy atom. The number of rotatable bonds is 2. The molecule has 0 aliphatic carbocycles. The summed E-state index contributed by atoms with van der Waals surface area (Å²) in [6, 6.07) is 0.601. The number of nitrogens with one attached hydrogen (secondary N) is 1. The van der Waals surface area contributed by atoms with Crippen molar-refractivity contribution in [2.24, 2.45) is 0 Å². The molecule has 120 valence electrons. The van der Waals surface area contributed by atoms with Crippen LogP contribution in [0.3, 0.4) is 0 Å². The molecular weight excluding hydrogens is 307 g/mol. The highest BCUT2D eigenvalue weighted by Crippen LogP contribution is 2.37. The third-order valence-corrected chi connectivity index (χ3v) is 4.25. The number of benzene rings is 1. The molecule has 0 saturated carbocycles. The number of imide groups is 1. The standard InChI is InChI=1S/C15H13FN2O5/c1-6-7-4-9(15(22)23)10(16)5-8(7)14(21)18(6)11-2-3-12(19)17-13(11)20/h4-6,11H,2-3H2,1H3,(H,22,23)(H,17,19,20)/t6-,11+/m1/s1. The van der Waals surface area contributed by atoms with Crippen molar-refractivity contribution in [3.8, 4) is 0 Å². The fourth-order valence-electron chi connectivity index (χ4n) is 3.11. The van der Waals surface area contributed by atoms with E-state index in [1.165, 1.54) is 4.90 Å². The number of nitrogens with zero attached hydrogens (tertiary/aromatic N) is 1. The lowest BCUT2D eigenvalue weighted by molar-refractivity contribution is -0.137. The van der Waals surface area contributed by atoms with Crippen LogP contribution >= 0.6 is 0 Å². The van der Waals surface area contributed by atoms with E-state index in [2.05, 4.69) is 5.32 Å². The van der Waals surface area contributed by atoms with Gasteiger partial charge in [-0.25, -0.2) is 9.18 Å². The van der Waals surface area contributed by atoms with Gasteiger partial charge in [-0.2, -0.15) is 0 Å². The third kappa shape index (κ3) is 2.26. The molecule has 0 unspecified atom stereocenters. The number of aromatic carboxylic acids is 1. The second-order valence-electron chi connectivity index (χ2n) is 5.58. The number of carboxylic acid groups (broad SMARTS) is 1. The number of hydrogen-bond acceptors (Lipinski definition) is 4. The van der Waals surface area contributed by atoms with E-state index in [4.69, 9.17) is 5.11 Å². The second kappa shape index (κ2) is 5.15. The van der Waals surface area contributed by atoms with E-state index >= 15 is 0 Å². The van der Waals surface area contributed by atoms with Crippen molar-refractivity contribution in [3.05, 3.63) is 34.6 Å². The summed E-state index contributed by atoms with van der Waals surface area (Å²) in [4.78, 5) is 48.0. The van der Waals surface area contributed by atoms with E-state index in [1.807, 2.05) is 0 Å². The van der Waals surface area contributed by atoms with Crippen LogP contribution in [0.2, 0.25) is 0 Å². The summed E-state index contributed by atoms with van der Waals surface area (Å²) in [5, 5.41) is 11.2. The number of piperidine rings is 1. The molecule has 1 saturated heterocycles. The van der Waals surface area contributed by atoms with Crippen LogP contribution in [0.4, 0.5) is 4.39 Å². The van der Waals surface area contributed by atoms with Crippen molar-refractivity contribution in [1.29, 1.82) is 0 Å². The van der Waals surface area contributed by atoms with Gasteiger partial charge in [0.1, 0.15) is 11.9 Å². The van der Waals surface area contributed by atoms with E-state index in [0.717, 1.165) is 12.1 Å². The quantitative estimate of drug-likeness (QED) is 0.786. The van der Waals surface area contributed by atoms with E-state index in [0.29, 0.717) is 5.56 Å². The first-order chi connectivity index (χ1) is 10.8. The zero-order chi connectivity index (χ0) is 16.9. The van der Waals surface area contributed by atoms with Gasteiger partial charge in [0.15, 0.2) is 0 Å². The Bertz CT molecular complexity index is 760. The van der Waals surface area contributed by atoms with Crippen LogP contribution in [0.15, 0.2) is 12.1 Å². The number of fused-ring (bicyclic) bond motifs is 1. The summed E-state index contributed by atoms with van der Waals surface area (Å²) in [5.41, 5.74) is -0.114. The van der Waals surface area contributed by atoms with Crippen LogP contribution in [0.25, 0.3) is 0 Å². The first kappa shape index (κ1) is 15.1. The molecule has 0 aromatic heterocycles. The summed E-state index contributed by atoms with van der Waals surface area (Å²) in [6.07, 6.45) is 0.293. The Morgan fingerprint density at radius 3 is 2.65 bits per heavy atom. The summed E-state index contributed by atoms with van der Waals surface area (Å²) in [7, 11) is 0. The summed E-state index contributed by atoms with van der Waals surface area (Å²) in [6.45, 7) is 1.64. The van der Waals surface area contributed by atoms with E-state index in [9.17, 15) is 23.6 Å². The Labute approximate surface area is 130 Å². The minimum absolute atomic E-state index is 0.0460. The highest BCUT2D eigenvalue weighted by atomic mass is 19.1. The van der Waals surface area contributed by atoms with Crippen LogP contribution < -0.4 is 5.32 Å². The molecule has 7 nitrogen and oxygen atoms in total. The molecule has 2 N–H and O–H groups in total. The molecule has 0 spiro atoms. The Hall–Kier alpha value is -2.77. The molecule has 2 aliphatic heterocycles. The van der Waals surface area contributed by atoms with Gasteiger partial charge in [-0.15, -0.1) is 0 Å². The van der Waals surface area contributed by atoms with Gasteiger partial charge < -0.3 is 10.0 Å². The molecule has 2 heterocycles. The number of hydrogen-bond donors (Lipinski definition) is 2. The predicted molar refractivity (Wildman–Crippen MR) is 74.1 cm³/mol. The van der Waals surface area contributed by atoms with E-state index in [-0.39, 0.29) is 18.4 Å². The molecule has 1 fully saturated rings. The fourth-order valence-corrected chi connectivity index (χ4v) is 3.11. The van der Waals surface area contributed by atoms with Gasteiger partial charge >= 0.3 is 5.97 Å². The SMILES string of the molecule is C[C@@H]1c2cc(C(=O)O)c(F)cc2C(=O)N1[C@H]1CCC(=O)NC1=O. The number of carboxylic acids is 1.